The monoisotopic (exact) mass is 347 g/mol. The Morgan fingerprint density at radius 3 is 2.20 bits per heavy atom. The molecule has 0 spiro atoms. The van der Waals surface area contributed by atoms with Crippen LogP contribution in [0.25, 0.3) is 0 Å². The smallest absolute Gasteiger partial charge is 0.127 e. The van der Waals surface area contributed by atoms with Gasteiger partial charge >= 0.3 is 0 Å². The molecule has 0 saturated heterocycles. The Labute approximate surface area is 153 Å². The molecule has 2 aromatic rings. The second-order valence-electron chi connectivity index (χ2n) is 5.63. The van der Waals surface area contributed by atoms with Crippen molar-refractivity contribution in [1.82, 2.24) is 5.32 Å². The van der Waals surface area contributed by atoms with E-state index in [-0.39, 0.29) is 0 Å². The molecule has 0 aliphatic carbocycles. The minimum Gasteiger partial charge on any atom is -0.303 e. The molecule has 0 aromatic heterocycles. The predicted octanol–water partition coefficient (Wildman–Crippen LogP) is 3.27. The van der Waals surface area contributed by atoms with Crippen LogP contribution in [0.5, 0.6) is 0 Å². The SMILES string of the molecule is CC(N)(C#Cc1ccc(C#N)cc1)NCCC#Cc1ccc(Cl)cc1. The van der Waals surface area contributed by atoms with E-state index in [1.165, 1.54) is 0 Å². The Morgan fingerprint density at radius 1 is 1.00 bits per heavy atom. The van der Waals surface area contributed by atoms with Crippen LogP contribution >= 0.6 is 11.6 Å². The number of rotatable bonds is 3. The molecule has 3 nitrogen and oxygen atoms in total. The summed E-state index contributed by atoms with van der Waals surface area (Å²) in [5.41, 5.74) is 7.68. The van der Waals surface area contributed by atoms with Crippen molar-refractivity contribution < 1.29 is 0 Å². The van der Waals surface area contributed by atoms with Crippen molar-refractivity contribution >= 4 is 11.6 Å². The largest absolute Gasteiger partial charge is 0.303 e. The highest BCUT2D eigenvalue weighted by Crippen LogP contribution is 2.08. The molecule has 2 rings (SSSR count). The Kier molecular flexibility index (Phi) is 6.64. The van der Waals surface area contributed by atoms with Gasteiger partial charge in [-0.3, -0.25) is 5.32 Å². The molecule has 0 aliphatic heterocycles. The van der Waals surface area contributed by atoms with Crippen molar-refractivity contribution in [3.8, 4) is 29.8 Å². The van der Waals surface area contributed by atoms with Crippen molar-refractivity contribution in [2.24, 2.45) is 5.73 Å². The van der Waals surface area contributed by atoms with E-state index in [4.69, 9.17) is 22.6 Å². The summed E-state index contributed by atoms with van der Waals surface area (Å²) >= 11 is 5.84. The van der Waals surface area contributed by atoms with Crippen molar-refractivity contribution in [2.45, 2.75) is 19.0 Å². The Morgan fingerprint density at radius 2 is 1.56 bits per heavy atom. The molecule has 25 heavy (non-hydrogen) atoms. The van der Waals surface area contributed by atoms with Crippen LogP contribution in [0.15, 0.2) is 48.5 Å². The van der Waals surface area contributed by atoms with Crippen LogP contribution in [0.1, 0.15) is 30.0 Å². The summed E-state index contributed by atoms with van der Waals surface area (Å²) in [6.07, 6.45) is 0.661. The Bertz CT molecular complexity index is 868. The minimum atomic E-state index is -0.810. The number of hydrogen-bond donors (Lipinski definition) is 2. The van der Waals surface area contributed by atoms with Gasteiger partial charge in [0.25, 0.3) is 0 Å². The van der Waals surface area contributed by atoms with Crippen LogP contribution in [0.3, 0.4) is 0 Å². The van der Waals surface area contributed by atoms with E-state index in [0.29, 0.717) is 23.6 Å². The van der Waals surface area contributed by atoms with E-state index in [1.807, 2.05) is 31.2 Å². The lowest BCUT2D eigenvalue weighted by Crippen LogP contribution is -2.49. The van der Waals surface area contributed by atoms with E-state index < -0.39 is 5.66 Å². The highest BCUT2D eigenvalue weighted by atomic mass is 35.5. The van der Waals surface area contributed by atoms with Gasteiger partial charge in [-0.25, -0.2) is 0 Å². The zero-order valence-corrected chi connectivity index (χ0v) is 14.7. The fourth-order valence-electron chi connectivity index (χ4n) is 1.96. The van der Waals surface area contributed by atoms with Crippen LogP contribution < -0.4 is 11.1 Å². The Hall–Kier alpha value is -2.74. The first-order chi connectivity index (χ1) is 12.0. The van der Waals surface area contributed by atoms with E-state index in [2.05, 4.69) is 35.1 Å². The normalized spacial score (nSPS) is 11.9. The van der Waals surface area contributed by atoms with Crippen LogP contribution in [0, 0.1) is 35.0 Å². The number of nitriles is 1. The van der Waals surface area contributed by atoms with E-state index in [1.54, 1.807) is 24.3 Å². The van der Waals surface area contributed by atoms with Crippen LogP contribution in [0.2, 0.25) is 5.02 Å². The van der Waals surface area contributed by atoms with Gasteiger partial charge in [0, 0.05) is 29.1 Å². The van der Waals surface area contributed by atoms with Crippen molar-refractivity contribution in [3.05, 3.63) is 70.2 Å². The highest BCUT2D eigenvalue weighted by Gasteiger charge is 2.12. The van der Waals surface area contributed by atoms with Gasteiger partial charge < -0.3 is 5.73 Å². The summed E-state index contributed by atoms with van der Waals surface area (Å²) in [5.74, 6) is 12.2. The van der Waals surface area contributed by atoms with Crippen LogP contribution in [-0.2, 0) is 0 Å². The zero-order valence-electron chi connectivity index (χ0n) is 13.9. The first kappa shape index (κ1) is 18.6. The molecule has 1 atom stereocenters. The first-order valence-electron chi connectivity index (χ1n) is 7.80. The second-order valence-corrected chi connectivity index (χ2v) is 6.06. The molecule has 0 radical (unpaired) electrons. The van der Waals surface area contributed by atoms with Crippen LogP contribution in [0.4, 0.5) is 0 Å². The topological polar surface area (TPSA) is 61.8 Å². The fraction of sp³-hybridized carbons (Fsp3) is 0.190. The lowest BCUT2D eigenvalue weighted by Gasteiger charge is -2.18. The van der Waals surface area contributed by atoms with Gasteiger partial charge in [-0.2, -0.15) is 5.26 Å². The number of halogens is 1. The molecule has 0 saturated carbocycles. The van der Waals surface area contributed by atoms with Gasteiger partial charge in [0.1, 0.15) is 5.66 Å². The van der Waals surface area contributed by atoms with Crippen molar-refractivity contribution in [2.75, 3.05) is 6.54 Å². The maximum absolute atomic E-state index is 8.78. The molecule has 4 heteroatoms. The lowest BCUT2D eigenvalue weighted by molar-refractivity contribution is 0.476. The number of nitrogens with zero attached hydrogens (tertiary/aromatic N) is 1. The third kappa shape index (κ3) is 6.72. The molecule has 3 N–H and O–H groups in total. The van der Waals surface area contributed by atoms with Gasteiger partial charge in [0.15, 0.2) is 0 Å². The highest BCUT2D eigenvalue weighted by molar-refractivity contribution is 6.30. The summed E-state index contributed by atoms with van der Waals surface area (Å²) in [5, 5.41) is 12.7. The van der Waals surface area contributed by atoms with Crippen LogP contribution in [-0.4, -0.2) is 12.2 Å². The number of nitrogens with two attached hydrogens (primary N) is 1. The molecule has 2 aromatic carbocycles. The van der Waals surface area contributed by atoms with E-state index >= 15 is 0 Å². The van der Waals surface area contributed by atoms with Gasteiger partial charge in [-0.1, -0.05) is 35.3 Å². The van der Waals surface area contributed by atoms with Crippen molar-refractivity contribution in [1.29, 1.82) is 5.26 Å². The maximum atomic E-state index is 8.78. The van der Waals surface area contributed by atoms with Gasteiger partial charge in [-0.05, 0) is 55.5 Å². The zero-order chi connectivity index (χ0) is 18.1. The predicted molar refractivity (Wildman–Crippen MR) is 102 cm³/mol. The molecular weight excluding hydrogens is 330 g/mol. The third-order valence-electron chi connectivity index (χ3n) is 3.30. The fourth-order valence-corrected chi connectivity index (χ4v) is 2.08. The number of hydrogen-bond acceptors (Lipinski definition) is 3. The Balaban J connectivity index is 1.84. The van der Waals surface area contributed by atoms with E-state index in [9.17, 15) is 0 Å². The molecule has 1 unspecified atom stereocenters. The maximum Gasteiger partial charge on any atom is 0.127 e. The molecule has 0 amide bonds. The standard InChI is InChI=1S/C21H18ClN3/c1-21(24,14-13-18-5-7-19(16-23)8-6-18)25-15-3-2-4-17-9-11-20(22)12-10-17/h5-12,25H,3,15,24H2,1H3. The lowest BCUT2D eigenvalue weighted by atomic mass is 10.1. The molecule has 124 valence electrons. The average molecular weight is 348 g/mol. The summed E-state index contributed by atoms with van der Waals surface area (Å²) in [7, 11) is 0. The number of nitrogens with one attached hydrogen (secondary N) is 1. The van der Waals surface area contributed by atoms with Gasteiger partial charge in [0.05, 0.1) is 11.6 Å². The second kappa shape index (κ2) is 8.93. The molecule has 0 heterocycles. The van der Waals surface area contributed by atoms with Gasteiger partial charge in [-0.15, -0.1) is 0 Å². The summed E-state index contributed by atoms with van der Waals surface area (Å²) in [6, 6.07) is 16.6. The molecule has 0 aliphatic rings. The van der Waals surface area contributed by atoms with E-state index in [0.717, 1.165) is 11.1 Å². The number of benzene rings is 2. The summed E-state index contributed by atoms with van der Waals surface area (Å²) < 4.78 is 0. The minimum absolute atomic E-state index is 0.610. The first-order valence-corrected chi connectivity index (χ1v) is 8.18. The summed E-state index contributed by atoms with van der Waals surface area (Å²) in [4.78, 5) is 0. The molecule has 0 fully saturated rings. The molecule has 0 bridgehead atoms. The van der Waals surface area contributed by atoms with Gasteiger partial charge in [0.2, 0.25) is 0 Å². The average Bonchev–Trinajstić information content (AvgIpc) is 2.62. The summed E-state index contributed by atoms with van der Waals surface area (Å²) in [6.45, 7) is 2.45. The quantitative estimate of drug-likeness (QED) is 0.509. The van der Waals surface area contributed by atoms with Crippen molar-refractivity contribution in [3.63, 3.8) is 0 Å². The molecular formula is C21H18ClN3. The third-order valence-corrected chi connectivity index (χ3v) is 3.55.